The predicted molar refractivity (Wildman–Crippen MR) is 43.2 cm³/mol. The molecule has 10 heavy (non-hydrogen) atoms. The molecule has 2 fully saturated rings. The summed E-state index contributed by atoms with van der Waals surface area (Å²) in [6, 6.07) is 0. The maximum atomic E-state index is 11.2. The van der Waals surface area contributed by atoms with Gasteiger partial charge < -0.3 is 0 Å². The molecule has 0 aromatic heterocycles. The van der Waals surface area contributed by atoms with E-state index in [0.29, 0.717) is 11.7 Å². The molecule has 3 atom stereocenters. The molecule has 0 aliphatic heterocycles. The highest BCUT2D eigenvalue weighted by atomic mass is 79.9. The Labute approximate surface area is 69.3 Å². The Morgan fingerprint density at radius 1 is 1.40 bits per heavy atom. The second-order valence-corrected chi connectivity index (χ2v) is 4.50. The van der Waals surface area contributed by atoms with E-state index in [1.165, 1.54) is 19.3 Å². The summed E-state index contributed by atoms with van der Waals surface area (Å²) >= 11 is 3.46. The minimum absolute atomic E-state index is 0.200. The lowest BCUT2D eigenvalue weighted by atomic mass is 9.88. The van der Waals surface area contributed by atoms with Crippen molar-refractivity contribution < 1.29 is 4.79 Å². The maximum Gasteiger partial charge on any atom is 0.147 e. The molecule has 0 heterocycles. The Kier molecular flexibility index (Phi) is 1.59. The van der Waals surface area contributed by atoms with E-state index in [1.807, 2.05) is 0 Å². The Bertz CT molecular complexity index is 167. The number of hydrogen-bond donors (Lipinski definition) is 0. The van der Waals surface area contributed by atoms with Gasteiger partial charge in [-0.1, -0.05) is 15.9 Å². The van der Waals surface area contributed by atoms with Crippen LogP contribution < -0.4 is 0 Å². The molecule has 0 radical (unpaired) electrons. The molecular weight excluding hydrogens is 192 g/mol. The van der Waals surface area contributed by atoms with Crippen molar-refractivity contribution in [3.63, 3.8) is 0 Å². The summed E-state index contributed by atoms with van der Waals surface area (Å²) in [6.07, 6.45) is 4.69. The fourth-order valence-electron chi connectivity index (χ4n) is 2.22. The second kappa shape index (κ2) is 2.33. The first kappa shape index (κ1) is 6.84. The van der Waals surface area contributed by atoms with Gasteiger partial charge in [-0.25, -0.2) is 0 Å². The number of ketones is 1. The number of fused-ring (bicyclic) bond motifs is 2. The Hall–Kier alpha value is 0.150. The highest BCUT2D eigenvalue weighted by Crippen LogP contribution is 2.43. The molecule has 0 N–H and O–H groups in total. The third-order valence-electron chi connectivity index (χ3n) is 2.79. The van der Waals surface area contributed by atoms with Crippen molar-refractivity contribution >= 4 is 21.7 Å². The molecule has 2 aliphatic rings. The number of hydrogen-bond acceptors (Lipinski definition) is 1. The summed E-state index contributed by atoms with van der Waals surface area (Å²) in [4.78, 5) is 11.4. The number of carbonyl (C=O) groups is 1. The van der Waals surface area contributed by atoms with Gasteiger partial charge in [0.2, 0.25) is 0 Å². The number of carbonyl (C=O) groups excluding carboxylic acids is 1. The summed E-state index contributed by atoms with van der Waals surface area (Å²) in [5.41, 5.74) is 0. The van der Waals surface area contributed by atoms with Crippen LogP contribution in [0.2, 0.25) is 0 Å². The van der Waals surface area contributed by atoms with Crippen LogP contribution in [0.4, 0.5) is 0 Å². The van der Waals surface area contributed by atoms with E-state index < -0.39 is 0 Å². The zero-order valence-electron chi connectivity index (χ0n) is 5.85. The van der Waals surface area contributed by atoms with Gasteiger partial charge in [-0.3, -0.25) is 4.79 Å². The van der Waals surface area contributed by atoms with Crippen LogP contribution >= 0.6 is 15.9 Å². The molecule has 2 saturated carbocycles. The first-order valence-electron chi connectivity index (χ1n) is 3.94. The highest BCUT2D eigenvalue weighted by molar-refractivity contribution is 9.10. The van der Waals surface area contributed by atoms with E-state index in [1.54, 1.807) is 0 Å². The first-order valence-corrected chi connectivity index (χ1v) is 4.85. The lowest BCUT2D eigenvalue weighted by Gasteiger charge is -2.22. The van der Waals surface area contributed by atoms with Crippen molar-refractivity contribution in [3.05, 3.63) is 0 Å². The third kappa shape index (κ3) is 0.931. The predicted octanol–water partition coefficient (Wildman–Crippen LogP) is 2.14. The van der Waals surface area contributed by atoms with Gasteiger partial charge in [-0.15, -0.1) is 0 Å². The van der Waals surface area contributed by atoms with Gasteiger partial charge in [0.15, 0.2) is 0 Å². The monoisotopic (exact) mass is 202 g/mol. The van der Waals surface area contributed by atoms with Crippen LogP contribution in [0.25, 0.3) is 0 Å². The van der Waals surface area contributed by atoms with Crippen LogP contribution in [0.3, 0.4) is 0 Å². The average molecular weight is 203 g/mol. The largest absolute Gasteiger partial charge is 0.298 e. The molecule has 2 bridgehead atoms. The Balaban J connectivity index is 2.17. The van der Waals surface area contributed by atoms with Gasteiger partial charge in [-0.05, 0) is 31.1 Å². The van der Waals surface area contributed by atoms with Crippen LogP contribution in [-0.2, 0) is 4.79 Å². The lowest BCUT2D eigenvalue weighted by molar-refractivity contribution is -0.121. The minimum Gasteiger partial charge on any atom is -0.298 e. The van der Waals surface area contributed by atoms with Crippen LogP contribution in [0.5, 0.6) is 0 Å². The molecule has 0 amide bonds. The molecule has 0 aromatic carbocycles. The van der Waals surface area contributed by atoms with Gasteiger partial charge in [0.05, 0.1) is 4.83 Å². The van der Waals surface area contributed by atoms with Crippen LogP contribution in [0.15, 0.2) is 0 Å². The van der Waals surface area contributed by atoms with Crippen molar-refractivity contribution in [2.24, 2.45) is 11.8 Å². The molecule has 0 saturated heterocycles. The molecule has 0 aromatic rings. The number of alkyl halides is 1. The smallest absolute Gasteiger partial charge is 0.147 e. The van der Waals surface area contributed by atoms with Crippen LogP contribution in [0.1, 0.15) is 25.7 Å². The van der Waals surface area contributed by atoms with Gasteiger partial charge in [0, 0.05) is 6.42 Å². The van der Waals surface area contributed by atoms with Gasteiger partial charge in [0.1, 0.15) is 5.78 Å². The SMILES string of the molecule is O=C1C[C@@H]2CC[C@H](C2)[C@@H]1Br. The molecular formula is C8H11BrO. The van der Waals surface area contributed by atoms with Gasteiger partial charge in [0.25, 0.3) is 0 Å². The fraction of sp³-hybridized carbons (Fsp3) is 0.875. The van der Waals surface area contributed by atoms with Crippen molar-refractivity contribution in [2.45, 2.75) is 30.5 Å². The summed E-state index contributed by atoms with van der Waals surface area (Å²) < 4.78 is 0. The molecule has 2 rings (SSSR count). The molecule has 0 unspecified atom stereocenters. The number of rotatable bonds is 0. The quantitative estimate of drug-likeness (QED) is 0.551. The van der Waals surface area contributed by atoms with E-state index in [9.17, 15) is 4.79 Å². The molecule has 2 aliphatic carbocycles. The Morgan fingerprint density at radius 2 is 2.20 bits per heavy atom. The second-order valence-electron chi connectivity index (χ2n) is 3.51. The summed E-state index contributed by atoms with van der Waals surface area (Å²) in [6.45, 7) is 0. The van der Waals surface area contributed by atoms with Crippen LogP contribution in [0, 0.1) is 11.8 Å². The van der Waals surface area contributed by atoms with E-state index >= 15 is 0 Å². The maximum absolute atomic E-state index is 11.2. The number of Topliss-reactive ketones (excluding diaryl/α,β-unsaturated/α-hetero) is 1. The fourth-order valence-corrected chi connectivity index (χ4v) is 2.89. The minimum atomic E-state index is 0.200. The van der Waals surface area contributed by atoms with Gasteiger partial charge >= 0.3 is 0 Å². The average Bonchev–Trinajstić information content (AvgIpc) is 2.29. The summed E-state index contributed by atoms with van der Waals surface area (Å²) in [7, 11) is 0. The van der Waals surface area contributed by atoms with Crippen molar-refractivity contribution in [2.75, 3.05) is 0 Å². The molecule has 1 nitrogen and oxygen atoms in total. The summed E-state index contributed by atoms with van der Waals surface area (Å²) in [5, 5.41) is 0. The van der Waals surface area contributed by atoms with E-state index in [0.717, 1.165) is 12.3 Å². The first-order chi connectivity index (χ1) is 4.77. The molecule has 56 valence electrons. The standard InChI is InChI=1S/C8H11BrO/c9-8-6-2-1-5(3-6)4-7(8)10/h5-6,8H,1-4H2/t5-,6-,8+/m1/s1. The van der Waals surface area contributed by atoms with Crippen LogP contribution in [-0.4, -0.2) is 10.6 Å². The lowest BCUT2D eigenvalue weighted by Crippen LogP contribution is -2.27. The summed E-state index contributed by atoms with van der Waals surface area (Å²) in [5.74, 6) is 1.86. The van der Waals surface area contributed by atoms with Crippen molar-refractivity contribution in [3.8, 4) is 0 Å². The zero-order valence-corrected chi connectivity index (χ0v) is 7.43. The van der Waals surface area contributed by atoms with Gasteiger partial charge in [-0.2, -0.15) is 0 Å². The van der Waals surface area contributed by atoms with E-state index in [2.05, 4.69) is 15.9 Å². The van der Waals surface area contributed by atoms with E-state index in [-0.39, 0.29) is 4.83 Å². The molecule has 0 spiro atoms. The third-order valence-corrected chi connectivity index (χ3v) is 4.05. The van der Waals surface area contributed by atoms with Crippen molar-refractivity contribution in [1.82, 2.24) is 0 Å². The normalized spacial score (nSPS) is 46.1. The Morgan fingerprint density at radius 3 is 3.00 bits per heavy atom. The highest BCUT2D eigenvalue weighted by Gasteiger charge is 2.39. The molecule has 2 heteroatoms. The van der Waals surface area contributed by atoms with E-state index in [4.69, 9.17) is 0 Å². The number of halogens is 1. The van der Waals surface area contributed by atoms with Crippen molar-refractivity contribution in [1.29, 1.82) is 0 Å². The zero-order chi connectivity index (χ0) is 7.14. The topological polar surface area (TPSA) is 17.1 Å².